The van der Waals surface area contributed by atoms with Gasteiger partial charge in [0, 0.05) is 37.3 Å². The number of anilines is 2. The first-order chi connectivity index (χ1) is 14.3. The van der Waals surface area contributed by atoms with E-state index in [0.29, 0.717) is 36.3 Å². The maximum atomic E-state index is 12.7. The molecule has 0 aliphatic rings. The SMILES string of the molecule is COCCn1c(C(=O)OC)c(NC(=O)CC(C)C)c2cc(NC(C)CSC)cnc21. The van der Waals surface area contributed by atoms with Gasteiger partial charge in [-0.1, -0.05) is 13.8 Å². The van der Waals surface area contributed by atoms with Gasteiger partial charge in [0.15, 0.2) is 5.69 Å². The average Bonchev–Trinajstić information content (AvgIpc) is 2.98. The smallest absolute Gasteiger partial charge is 0.356 e. The Hall–Kier alpha value is -2.26. The minimum absolute atomic E-state index is 0.157. The van der Waals surface area contributed by atoms with Crippen LogP contribution in [0.3, 0.4) is 0 Å². The van der Waals surface area contributed by atoms with Crippen molar-refractivity contribution in [1.82, 2.24) is 9.55 Å². The molecular weight excluding hydrogens is 404 g/mol. The fourth-order valence-corrected chi connectivity index (χ4v) is 3.86. The molecule has 2 aromatic heterocycles. The van der Waals surface area contributed by atoms with Crippen LogP contribution >= 0.6 is 11.8 Å². The van der Waals surface area contributed by atoms with Crippen molar-refractivity contribution in [3.8, 4) is 0 Å². The number of amides is 1. The fraction of sp³-hybridized carbons (Fsp3) is 0.571. The lowest BCUT2D eigenvalue weighted by molar-refractivity contribution is -0.116. The third-order valence-electron chi connectivity index (χ3n) is 4.48. The highest BCUT2D eigenvalue weighted by atomic mass is 32.2. The third kappa shape index (κ3) is 5.89. The Labute approximate surface area is 182 Å². The van der Waals surface area contributed by atoms with E-state index in [2.05, 4.69) is 28.8 Å². The second-order valence-electron chi connectivity index (χ2n) is 7.60. The number of pyridine rings is 1. The first-order valence-corrected chi connectivity index (χ1v) is 11.4. The summed E-state index contributed by atoms with van der Waals surface area (Å²) in [7, 11) is 2.92. The summed E-state index contributed by atoms with van der Waals surface area (Å²) in [5.74, 6) is 0.443. The van der Waals surface area contributed by atoms with Crippen LogP contribution in [0.15, 0.2) is 12.3 Å². The Bertz CT molecular complexity index is 882. The molecule has 0 fully saturated rings. The van der Waals surface area contributed by atoms with Gasteiger partial charge < -0.3 is 24.7 Å². The number of hydrogen-bond acceptors (Lipinski definition) is 7. The maximum Gasteiger partial charge on any atom is 0.356 e. The van der Waals surface area contributed by atoms with Crippen molar-refractivity contribution < 1.29 is 19.1 Å². The summed E-state index contributed by atoms with van der Waals surface area (Å²) in [4.78, 5) is 29.8. The molecular formula is C21H32N4O4S. The van der Waals surface area contributed by atoms with Crippen LogP contribution in [0.4, 0.5) is 11.4 Å². The van der Waals surface area contributed by atoms with Gasteiger partial charge in [-0.3, -0.25) is 4.79 Å². The molecule has 166 valence electrons. The highest BCUT2D eigenvalue weighted by Gasteiger charge is 2.26. The van der Waals surface area contributed by atoms with Crippen molar-refractivity contribution >= 4 is 46.0 Å². The van der Waals surface area contributed by atoms with E-state index in [1.165, 1.54) is 7.11 Å². The molecule has 9 heteroatoms. The van der Waals surface area contributed by atoms with E-state index in [-0.39, 0.29) is 23.6 Å². The predicted octanol–water partition coefficient (Wildman–Crippen LogP) is 3.62. The fourth-order valence-electron chi connectivity index (χ4n) is 3.28. The van der Waals surface area contributed by atoms with Gasteiger partial charge in [-0.15, -0.1) is 0 Å². The molecule has 2 heterocycles. The van der Waals surface area contributed by atoms with Gasteiger partial charge >= 0.3 is 5.97 Å². The number of nitrogens with one attached hydrogen (secondary N) is 2. The zero-order chi connectivity index (χ0) is 22.3. The van der Waals surface area contributed by atoms with Gasteiger partial charge in [0.1, 0.15) is 5.65 Å². The van der Waals surface area contributed by atoms with Gasteiger partial charge in [0.2, 0.25) is 5.91 Å². The summed E-state index contributed by atoms with van der Waals surface area (Å²) in [6, 6.07) is 2.16. The van der Waals surface area contributed by atoms with Crippen LogP contribution in [0, 0.1) is 5.92 Å². The summed E-state index contributed by atoms with van der Waals surface area (Å²) in [6.07, 6.45) is 4.14. The minimum Gasteiger partial charge on any atom is -0.464 e. The summed E-state index contributed by atoms with van der Waals surface area (Å²) in [5, 5.41) is 7.03. The number of rotatable bonds is 11. The molecule has 0 aliphatic heterocycles. The Morgan fingerprint density at radius 1 is 1.27 bits per heavy atom. The van der Waals surface area contributed by atoms with Gasteiger partial charge in [0.25, 0.3) is 0 Å². The Balaban J connectivity index is 2.61. The van der Waals surface area contributed by atoms with E-state index in [4.69, 9.17) is 9.47 Å². The Morgan fingerprint density at radius 2 is 2.00 bits per heavy atom. The Morgan fingerprint density at radius 3 is 2.60 bits per heavy atom. The van der Waals surface area contributed by atoms with Crippen molar-refractivity contribution in [2.75, 3.05) is 43.5 Å². The van der Waals surface area contributed by atoms with E-state index >= 15 is 0 Å². The number of carbonyl (C=O) groups excluding carboxylic acids is 2. The normalized spacial score (nSPS) is 12.2. The molecule has 0 aromatic carbocycles. The second kappa shape index (κ2) is 11.2. The van der Waals surface area contributed by atoms with Crippen LogP contribution in [0.1, 0.15) is 37.7 Å². The molecule has 0 saturated heterocycles. The van der Waals surface area contributed by atoms with E-state index in [1.54, 1.807) is 29.6 Å². The summed E-state index contributed by atoms with van der Waals surface area (Å²) >= 11 is 1.75. The lowest BCUT2D eigenvalue weighted by Crippen LogP contribution is -2.19. The number of thioether (sulfide) groups is 1. The minimum atomic E-state index is -0.533. The van der Waals surface area contributed by atoms with Crippen LogP contribution in [-0.2, 0) is 20.8 Å². The summed E-state index contributed by atoms with van der Waals surface area (Å²) in [5.41, 5.74) is 2.11. The van der Waals surface area contributed by atoms with Crippen molar-refractivity contribution in [3.63, 3.8) is 0 Å². The van der Waals surface area contributed by atoms with E-state index in [9.17, 15) is 9.59 Å². The van der Waals surface area contributed by atoms with Crippen molar-refractivity contribution in [2.45, 2.75) is 39.8 Å². The number of nitrogens with zero attached hydrogens (tertiary/aromatic N) is 2. The lowest BCUT2D eigenvalue weighted by atomic mass is 10.1. The average molecular weight is 437 g/mol. The molecule has 1 amide bonds. The molecule has 2 N–H and O–H groups in total. The standard InChI is InChI=1S/C21H32N4O4S/c1-13(2)9-17(26)24-18-16-10-15(23-14(3)12-30-6)11-22-20(16)25(7-8-28-4)19(18)21(27)29-5/h10-11,13-14,23H,7-9,12H2,1-6H3,(H,24,26). The second-order valence-corrected chi connectivity index (χ2v) is 8.51. The molecule has 0 saturated carbocycles. The first-order valence-electron chi connectivity index (χ1n) is 9.97. The van der Waals surface area contributed by atoms with Crippen molar-refractivity contribution in [3.05, 3.63) is 18.0 Å². The van der Waals surface area contributed by atoms with Crippen LogP contribution in [0.5, 0.6) is 0 Å². The molecule has 0 aliphatic carbocycles. The first kappa shape index (κ1) is 24.0. The van der Waals surface area contributed by atoms with Crippen molar-refractivity contribution in [1.29, 1.82) is 0 Å². The zero-order valence-electron chi connectivity index (χ0n) is 18.6. The van der Waals surface area contributed by atoms with Crippen LogP contribution in [-0.4, -0.2) is 60.3 Å². The number of fused-ring (bicyclic) bond motifs is 1. The van der Waals surface area contributed by atoms with Gasteiger partial charge in [0.05, 0.1) is 31.3 Å². The number of aromatic nitrogens is 2. The van der Waals surface area contributed by atoms with Crippen LogP contribution in [0.2, 0.25) is 0 Å². The highest BCUT2D eigenvalue weighted by molar-refractivity contribution is 7.98. The van der Waals surface area contributed by atoms with E-state index < -0.39 is 5.97 Å². The highest BCUT2D eigenvalue weighted by Crippen LogP contribution is 2.33. The van der Waals surface area contributed by atoms with E-state index in [1.807, 2.05) is 19.9 Å². The maximum absolute atomic E-state index is 12.7. The van der Waals surface area contributed by atoms with Crippen molar-refractivity contribution in [2.24, 2.45) is 5.92 Å². The number of carbonyl (C=O) groups is 2. The molecule has 2 aromatic rings. The Kier molecular flexibility index (Phi) is 8.98. The number of esters is 1. The van der Waals surface area contributed by atoms with E-state index in [0.717, 1.165) is 11.4 Å². The van der Waals surface area contributed by atoms with Gasteiger partial charge in [-0.25, -0.2) is 9.78 Å². The van der Waals surface area contributed by atoms with Gasteiger partial charge in [-0.2, -0.15) is 11.8 Å². The number of ether oxygens (including phenoxy) is 2. The molecule has 30 heavy (non-hydrogen) atoms. The molecule has 0 bridgehead atoms. The topological polar surface area (TPSA) is 94.5 Å². The molecule has 0 spiro atoms. The summed E-state index contributed by atoms with van der Waals surface area (Å²) in [6.45, 7) is 6.83. The number of hydrogen-bond donors (Lipinski definition) is 2. The quantitative estimate of drug-likeness (QED) is 0.520. The predicted molar refractivity (Wildman–Crippen MR) is 122 cm³/mol. The van der Waals surface area contributed by atoms with Gasteiger partial charge in [-0.05, 0) is 25.2 Å². The number of methoxy groups -OCH3 is 2. The molecule has 0 radical (unpaired) electrons. The van der Waals surface area contributed by atoms with Crippen LogP contribution < -0.4 is 10.6 Å². The summed E-state index contributed by atoms with van der Waals surface area (Å²) < 4.78 is 12.0. The molecule has 1 atom stereocenters. The lowest BCUT2D eigenvalue weighted by Gasteiger charge is -2.14. The zero-order valence-corrected chi connectivity index (χ0v) is 19.4. The van der Waals surface area contributed by atoms with Crippen LogP contribution in [0.25, 0.3) is 11.0 Å². The molecule has 8 nitrogen and oxygen atoms in total. The molecule has 2 rings (SSSR count). The monoisotopic (exact) mass is 436 g/mol. The largest absolute Gasteiger partial charge is 0.464 e. The third-order valence-corrected chi connectivity index (χ3v) is 5.32. The molecule has 1 unspecified atom stereocenters.